The number of carbonyl (C=O) groups excluding carboxylic acids is 1. The van der Waals surface area contributed by atoms with Gasteiger partial charge in [-0.2, -0.15) is 0 Å². The van der Waals surface area contributed by atoms with E-state index in [9.17, 15) is 9.59 Å². The van der Waals surface area contributed by atoms with E-state index in [0.717, 1.165) is 37.2 Å². The molecule has 0 bridgehead atoms. The molecule has 3 rings (SSSR count). The Hall–Kier alpha value is -2.31. The number of carbonyl (C=O) groups is 2. The van der Waals surface area contributed by atoms with E-state index in [1.165, 1.54) is 5.56 Å². The molecule has 1 saturated heterocycles. The van der Waals surface area contributed by atoms with Gasteiger partial charge in [-0.15, -0.1) is 0 Å². The smallest absolute Gasteiger partial charge is 0.320 e. The van der Waals surface area contributed by atoms with Gasteiger partial charge < -0.3 is 20.2 Å². The number of hydrogen-bond acceptors (Lipinski definition) is 4. The second kappa shape index (κ2) is 7.72. The van der Waals surface area contributed by atoms with Crippen molar-refractivity contribution in [2.24, 2.45) is 0 Å². The van der Waals surface area contributed by atoms with Gasteiger partial charge >= 0.3 is 12.0 Å². The lowest BCUT2D eigenvalue weighted by atomic mass is 10.0. The third-order valence-electron chi connectivity index (χ3n) is 4.90. The number of fused-ring (bicyclic) bond motifs is 1. The van der Waals surface area contributed by atoms with Crippen LogP contribution in [-0.2, 0) is 17.6 Å². The van der Waals surface area contributed by atoms with Gasteiger partial charge in [0.05, 0.1) is 6.42 Å². The van der Waals surface area contributed by atoms with E-state index in [-0.39, 0.29) is 12.5 Å². The van der Waals surface area contributed by atoms with Crippen molar-refractivity contribution < 1.29 is 14.7 Å². The Bertz CT molecular complexity index is 649. The van der Waals surface area contributed by atoms with Crippen molar-refractivity contribution in [1.82, 2.24) is 14.8 Å². The molecule has 0 aliphatic carbocycles. The molecule has 1 atom stereocenters. The van der Waals surface area contributed by atoms with E-state index in [0.29, 0.717) is 32.2 Å². The van der Waals surface area contributed by atoms with Crippen molar-refractivity contribution >= 4 is 17.8 Å². The molecule has 0 spiro atoms. The van der Waals surface area contributed by atoms with Gasteiger partial charge in [-0.1, -0.05) is 6.07 Å². The van der Waals surface area contributed by atoms with Gasteiger partial charge in [0.15, 0.2) is 0 Å². The maximum absolute atomic E-state index is 12.2. The highest BCUT2D eigenvalue weighted by Gasteiger charge is 2.27. The highest BCUT2D eigenvalue weighted by molar-refractivity contribution is 5.77. The topological polar surface area (TPSA) is 85.8 Å². The molecule has 0 saturated carbocycles. The van der Waals surface area contributed by atoms with E-state index < -0.39 is 5.97 Å². The Labute approximate surface area is 148 Å². The first-order valence-corrected chi connectivity index (χ1v) is 9.04. The number of anilines is 1. The first-order valence-electron chi connectivity index (χ1n) is 9.04. The Morgan fingerprint density at radius 2 is 2.08 bits per heavy atom. The molecule has 1 aromatic heterocycles. The van der Waals surface area contributed by atoms with Crippen LogP contribution in [0.25, 0.3) is 0 Å². The van der Waals surface area contributed by atoms with Gasteiger partial charge in [-0.25, -0.2) is 9.78 Å². The summed E-state index contributed by atoms with van der Waals surface area (Å²) in [4.78, 5) is 31.0. The predicted octanol–water partition coefficient (Wildman–Crippen LogP) is 1.97. The second-order valence-electron chi connectivity index (χ2n) is 6.90. The number of carboxylic acid groups (broad SMARTS) is 1. The first kappa shape index (κ1) is 17.5. The van der Waals surface area contributed by atoms with Crippen LogP contribution in [0.4, 0.5) is 10.6 Å². The van der Waals surface area contributed by atoms with Crippen LogP contribution in [0.1, 0.15) is 37.4 Å². The van der Waals surface area contributed by atoms with Crippen LogP contribution in [-0.4, -0.2) is 64.1 Å². The number of hydrogen-bond donors (Lipinski definition) is 2. The van der Waals surface area contributed by atoms with Crippen molar-refractivity contribution in [2.75, 3.05) is 31.5 Å². The van der Waals surface area contributed by atoms with Crippen LogP contribution in [0.3, 0.4) is 0 Å². The third-order valence-corrected chi connectivity index (χ3v) is 4.90. The molecule has 2 aliphatic rings. The van der Waals surface area contributed by atoms with Crippen molar-refractivity contribution in [3.05, 3.63) is 23.4 Å². The minimum Gasteiger partial charge on any atom is -0.481 e. The van der Waals surface area contributed by atoms with Gasteiger partial charge in [0.25, 0.3) is 0 Å². The number of nitrogens with one attached hydrogen (secondary N) is 1. The first-order chi connectivity index (χ1) is 12.0. The molecule has 25 heavy (non-hydrogen) atoms. The van der Waals surface area contributed by atoms with Gasteiger partial charge in [0, 0.05) is 37.9 Å². The second-order valence-corrected chi connectivity index (χ2v) is 6.90. The number of aliphatic carboxylic acids is 1. The van der Waals surface area contributed by atoms with E-state index in [2.05, 4.69) is 24.4 Å². The zero-order chi connectivity index (χ0) is 17.8. The molecular weight excluding hydrogens is 320 g/mol. The quantitative estimate of drug-likeness (QED) is 0.788. The minimum atomic E-state index is -0.868. The van der Waals surface area contributed by atoms with Crippen LogP contribution in [0.5, 0.6) is 0 Å². The number of nitrogens with zero attached hydrogens (tertiary/aromatic N) is 3. The van der Waals surface area contributed by atoms with Crippen LogP contribution in [0.15, 0.2) is 12.1 Å². The summed E-state index contributed by atoms with van der Waals surface area (Å²) in [6.45, 7) is 4.44. The van der Waals surface area contributed by atoms with Gasteiger partial charge in [0.2, 0.25) is 0 Å². The lowest BCUT2D eigenvalue weighted by molar-refractivity contribution is -0.137. The zero-order valence-corrected chi connectivity index (χ0v) is 14.7. The summed E-state index contributed by atoms with van der Waals surface area (Å²) in [6.07, 6.45) is 3.92. The normalized spacial score (nSPS) is 19.7. The summed E-state index contributed by atoms with van der Waals surface area (Å²) in [7, 11) is 0. The number of aryl methyl sites for hydroxylation is 2. The Balaban J connectivity index is 1.46. The van der Waals surface area contributed by atoms with Crippen molar-refractivity contribution in [2.45, 2.75) is 45.1 Å². The number of aromatic nitrogens is 1. The Morgan fingerprint density at radius 1 is 1.32 bits per heavy atom. The molecule has 0 aromatic carbocycles. The van der Waals surface area contributed by atoms with E-state index in [1.54, 1.807) is 9.80 Å². The third kappa shape index (κ3) is 4.41. The molecule has 136 valence electrons. The number of pyridine rings is 1. The summed E-state index contributed by atoms with van der Waals surface area (Å²) in [5.41, 5.74) is 2.33. The molecule has 1 aromatic rings. The molecule has 2 amide bonds. The molecule has 2 aliphatic heterocycles. The summed E-state index contributed by atoms with van der Waals surface area (Å²) in [5.74, 6) is 0.140. The molecule has 7 heteroatoms. The van der Waals surface area contributed by atoms with E-state index in [4.69, 9.17) is 10.1 Å². The SMILES string of the molecule is CC1CCc2ccc(CCCN3CCN(CCC(=O)O)C3=O)nc2N1. The van der Waals surface area contributed by atoms with Crippen LogP contribution < -0.4 is 5.32 Å². The molecule has 2 N–H and O–H groups in total. The maximum Gasteiger partial charge on any atom is 0.320 e. The molecule has 0 radical (unpaired) electrons. The lowest BCUT2D eigenvalue weighted by Crippen LogP contribution is -2.33. The summed E-state index contributed by atoms with van der Waals surface area (Å²) >= 11 is 0. The average molecular weight is 346 g/mol. The van der Waals surface area contributed by atoms with Crippen molar-refractivity contribution in [3.8, 4) is 0 Å². The van der Waals surface area contributed by atoms with Gasteiger partial charge in [-0.3, -0.25) is 4.79 Å². The van der Waals surface area contributed by atoms with Crippen LogP contribution in [0.2, 0.25) is 0 Å². The number of carboxylic acids is 1. The fourth-order valence-corrected chi connectivity index (χ4v) is 3.40. The van der Waals surface area contributed by atoms with E-state index >= 15 is 0 Å². The van der Waals surface area contributed by atoms with Crippen LogP contribution in [0, 0.1) is 0 Å². The highest BCUT2D eigenvalue weighted by Crippen LogP contribution is 2.23. The maximum atomic E-state index is 12.2. The van der Waals surface area contributed by atoms with E-state index in [1.807, 2.05) is 0 Å². The standard InChI is InChI=1S/C18H26N4O3/c1-13-4-5-14-6-7-15(20-17(14)19-13)3-2-9-21-11-12-22(18(21)25)10-8-16(23)24/h6-7,13H,2-5,8-12H2,1H3,(H,19,20)(H,23,24). The molecule has 1 unspecified atom stereocenters. The molecule has 1 fully saturated rings. The van der Waals surface area contributed by atoms with Gasteiger partial charge in [-0.05, 0) is 44.2 Å². The monoisotopic (exact) mass is 346 g/mol. The summed E-state index contributed by atoms with van der Waals surface area (Å²) in [5, 5.41) is 12.2. The van der Waals surface area contributed by atoms with Crippen molar-refractivity contribution in [3.63, 3.8) is 0 Å². The molecular formula is C18H26N4O3. The number of rotatable bonds is 7. The zero-order valence-electron chi connectivity index (χ0n) is 14.7. The minimum absolute atomic E-state index is 0.00402. The van der Waals surface area contributed by atoms with Gasteiger partial charge in [0.1, 0.15) is 5.82 Å². The Kier molecular flexibility index (Phi) is 5.40. The average Bonchev–Trinajstić information content (AvgIpc) is 2.93. The predicted molar refractivity (Wildman–Crippen MR) is 94.8 cm³/mol. The molecule has 7 nitrogen and oxygen atoms in total. The summed E-state index contributed by atoms with van der Waals surface area (Å²) < 4.78 is 0. The summed E-state index contributed by atoms with van der Waals surface area (Å²) in [6, 6.07) is 4.66. The largest absolute Gasteiger partial charge is 0.481 e. The number of amides is 2. The fraction of sp³-hybridized carbons (Fsp3) is 0.611. The fourth-order valence-electron chi connectivity index (χ4n) is 3.40. The highest BCUT2D eigenvalue weighted by atomic mass is 16.4. The van der Waals surface area contributed by atoms with Crippen LogP contribution >= 0.6 is 0 Å². The molecule has 3 heterocycles. The number of urea groups is 1. The van der Waals surface area contributed by atoms with Crippen molar-refractivity contribution in [1.29, 1.82) is 0 Å². The lowest BCUT2D eigenvalue weighted by Gasteiger charge is -2.23. The Morgan fingerprint density at radius 3 is 2.84 bits per heavy atom.